The Labute approximate surface area is 134 Å². The van der Waals surface area contributed by atoms with Crippen molar-refractivity contribution in [2.75, 3.05) is 13.1 Å². The molecule has 0 aromatic heterocycles. The highest BCUT2D eigenvalue weighted by Crippen LogP contribution is 2.21. The second-order valence-corrected chi connectivity index (χ2v) is 6.93. The molecule has 1 aliphatic rings. The maximum absolute atomic E-state index is 12.6. The van der Waals surface area contributed by atoms with Gasteiger partial charge in [0.15, 0.2) is 0 Å². The third-order valence-corrected chi connectivity index (χ3v) is 5.19. The Hall–Kier alpha value is -1.39. The Morgan fingerprint density at radius 2 is 1.95 bits per heavy atom. The van der Waals surface area contributed by atoms with Crippen LogP contribution in [0.5, 0.6) is 0 Å². The molecule has 1 heterocycles. The van der Waals surface area contributed by atoms with Gasteiger partial charge in [-0.3, -0.25) is 9.69 Å². The van der Waals surface area contributed by atoms with E-state index in [0.717, 1.165) is 19.5 Å². The van der Waals surface area contributed by atoms with Crippen molar-refractivity contribution in [2.24, 2.45) is 11.7 Å². The van der Waals surface area contributed by atoms with Gasteiger partial charge in [-0.1, -0.05) is 38.1 Å². The number of hydrogen-bond donors (Lipinski definition) is 2. The number of rotatable bonds is 5. The van der Waals surface area contributed by atoms with E-state index in [1.54, 1.807) is 0 Å². The highest BCUT2D eigenvalue weighted by atomic mass is 16.2. The lowest BCUT2D eigenvalue weighted by molar-refractivity contribution is -0.128. The van der Waals surface area contributed by atoms with E-state index in [1.807, 2.05) is 13.8 Å². The second kappa shape index (κ2) is 6.80. The molecule has 2 atom stereocenters. The zero-order valence-corrected chi connectivity index (χ0v) is 14.2. The molecule has 4 heteroatoms. The third-order valence-electron chi connectivity index (χ3n) is 5.19. The molecule has 0 saturated heterocycles. The Morgan fingerprint density at radius 3 is 2.55 bits per heavy atom. The molecule has 2 unspecified atom stereocenters. The Kier molecular flexibility index (Phi) is 5.24. The van der Waals surface area contributed by atoms with Crippen molar-refractivity contribution in [1.29, 1.82) is 0 Å². The predicted octanol–water partition coefficient (Wildman–Crippen LogP) is 1.92. The van der Waals surface area contributed by atoms with Crippen LogP contribution < -0.4 is 11.1 Å². The number of nitrogens with two attached hydrogens (primary N) is 1. The van der Waals surface area contributed by atoms with Crippen molar-refractivity contribution in [3.63, 3.8) is 0 Å². The van der Waals surface area contributed by atoms with Gasteiger partial charge in [0.1, 0.15) is 0 Å². The normalized spacial score (nSPS) is 19.4. The number of nitrogens with zero attached hydrogens (tertiary/aromatic N) is 1. The molecule has 0 fully saturated rings. The van der Waals surface area contributed by atoms with E-state index >= 15 is 0 Å². The van der Waals surface area contributed by atoms with Crippen LogP contribution in [0.25, 0.3) is 0 Å². The summed E-state index contributed by atoms with van der Waals surface area (Å²) in [6.45, 7) is 10.4. The highest BCUT2D eigenvalue weighted by Gasteiger charge is 2.32. The molecule has 1 amide bonds. The van der Waals surface area contributed by atoms with Gasteiger partial charge < -0.3 is 11.1 Å². The molecule has 0 saturated carbocycles. The van der Waals surface area contributed by atoms with E-state index in [9.17, 15) is 4.79 Å². The number of benzene rings is 1. The minimum Gasteiger partial charge on any atom is -0.348 e. The molecule has 1 aromatic rings. The van der Waals surface area contributed by atoms with E-state index < -0.39 is 0 Å². The zero-order valence-electron chi connectivity index (χ0n) is 14.2. The van der Waals surface area contributed by atoms with Gasteiger partial charge in [0, 0.05) is 19.6 Å². The Balaban J connectivity index is 2.03. The summed E-state index contributed by atoms with van der Waals surface area (Å²) in [5.74, 6) is 0.372. The summed E-state index contributed by atoms with van der Waals surface area (Å²) in [4.78, 5) is 14.9. The number of carbonyl (C=O) groups is 1. The van der Waals surface area contributed by atoms with Gasteiger partial charge in [-0.05, 0) is 37.3 Å². The largest absolute Gasteiger partial charge is 0.348 e. The van der Waals surface area contributed by atoms with Gasteiger partial charge >= 0.3 is 0 Å². The van der Waals surface area contributed by atoms with Crippen LogP contribution in [-0.4, -0.2) is 35.5 Å². The fourth-order valence-electron chi connectivity index (χ4n) is 2.83. The number of hydrogen-bond acceptors (Lipinski definition) is 3. The molecule has 4 nitrogen and oxygen atoms in total. The average molecular weight is 303 g/mol. The average Bonchev–Trinajstić information content (AvgIpc) is 2.53. The van der Waals surface area contributed by atoms with Crippen molar-refractivity contribution in [3.8, 4) is 0 Å². The zero-order chi connectivity index (χ0) is 16.3. The van der Waals surface area contributed by atoms with Gasteiger partial charge in [-0.25, -0.2) is 0 Å². The Bertz CT molecular complexity index is 529. The molecular formula is C18H29N3O. The lowest BCUT2D eigenvalue weighted by atomic mass is 9.88. The summed E-state index contributed by atoms with van der Waals surface area (Å²) < 4.78 is 0. The summed E-state index contributed by atoms with van der Waals surface area (Å²) in [5, 5.41) is 3.16. The molecule has 1 aliphatic heterocycles. The van der Waals surface area contributed by atoms with Crippen molar-refractivity contribution >= 4 is 5.91 Å². The van der Waals surface area contributed by atoms with Crippen LogP contribution >= 0.6 is 0 Å². The standard InChI is InChI=1S/C18H29N3O/c1-13(2)18(4,12-19)20-17(22)14(3)21-10-9-15-7-5-6-8-16(15)11-21/h5-8,13-14H,9-12,19H2,1-4H3,(H,20,22). The van der Waals surface area contributed by atoms with Crippen molar-refractivity contribution < 1.29 is 4.79 Å². The van der Waals surface area contributed by atoms with Crippen LogP contribution in [0, 0.1) is 5.92 Å². The first-order valence-corrected chi connectivity index (χ1v) is 8.20. The molecule has 0 bridgehead atoms. The SMILES string of the molecule is CC(C(=O)NC(C)(CN)C(C)C)N1CCc2ccccc2C1. The van der Waals surface area contributed by atoms with E-state index in [0.29, 0.717) is 12.5 Å². The molecule has 0 radical (unpaired) electrons. The van der Waals surface area contributed by atoms with Crippen molar-refractivity contribution in [2.45, 2.75) is 52.2 Å². The lowest BCUT2D eigenvalue weighted by Crippen LogP contribution is -2.59. The molecule has 22 heavy (non-hydrogen) atoms. The van der Waals surface area contributed by atoms with Crippen LogP contribution in [0.3, 0.4) is 0 Å². The molecule has 2 rings (SSSR count). The fraction of sp³-hybridized carbons (Fsp3) is 0.611. The first-order valence-electron chi connectivity index (χ1n) is 8.20. The first kappa shape index (κ1) is 17.0. The molecule has 122 valence electrons. The maximum atomic E-state index is 12.6. The second-order valence-electron chi connectivity index (χ2n) is 6.93. The number of fused-ring (bicyclic) bond motifs is 1. The van der Waals surface area contributed by atoms with E-state index in [-0.39, 0.29) is 17.5 Å². The van der Waals surface area contributed by atoms with Crippen molar-refractivity contribution in [1.82, 2.24) is 10.2 Å². The Morgan fingerprint density at radius 1 is 1.32 bits per heavy atom. The number of nitrogens with one attached hydrogen (secondary N) is 1. The van der Waals surface area contributed by atoms with Gasteiger partial charge in [-0.2, -0.15) is 0 Å². The molecular weight excluding hydrogens is 274 g/mol. The van der Waals surface area contributed by atoms with Crippen LogP contribution in [0.1, 0.15) is 38.8 Å². The van der Waals surface area contributed by atoms with Crippen LogP contribution in [0.4, 0.5) is 0 Å². The van der Waals surface area contributed by atoms with E-state index in [1.165, 1.54) is 11.1 Å². The molecule has 3 N–H and O–H groups in total. The molecule has 1 aromatic carbocycles. The maximum Gasteiger partial charge on any atom is 0.237 e. The monoisotopic (exact) mass is 303 g/mol. The summed E-state index contributed by atoms with van der Waals surface area (Å²) in [6, 6.07) is 8.35. The minimum atomic E-state index is -0.348. The minimum absolute atomic E-state index is 0.0704. The summed E-state index contributed by atoms with van der Waals surface area (Å²) in [7, 11) is 0. The van der Waals surface area contributed by atoms with Crippen LogP contribution in [0.15, 0.2) is 24.3 Å². The quantitative estimate of drug-likeness (QED) is 0.874. The highest BCUT2D eigenvalue weighted by molar-refractivity contribution is 5.82. The third kappa shape index (κ3) is 3.50. The number of carbonyl (C=O) groups excluding carboxylic acids is 1. The molecule has 0 aliphatic carbocycles. The van der Waals surface area contributed by atoms with Gasteiger partial charge in [0.25, 0.3) is 0 Å². The lowest BCUT2D eigenvalue weighted by Gasteiger charge is -2.38. The van der Waals surface area contributed by atoms with Crippen molar-refractivity contribution in [3.05, 3.63) is 35.4 Å². The topological polar surface area (TPSA) is 58.4 Å². The van der Waals surface area contributed by atoms with E-state index in [4.69, 9.17) is 5.73 Å². The van der Waals surface area contributed by atoms with Crippen LogP contribution in [-0.2, 0) is 17.8 Å². The smallest absolute Gasteiger partial charge is 0.237 e. The molecule has 0 spiro atoms. The van der Waals surface area contributed by atoms with Gasteiger partial charge in [0.2, 0.25) is 5.91 Å². The predicted molar refractivity (Wildman–Crippen MR) is 90.5 cm³/mol. The first-order chi connectivity index (χ1) is 10.4. The summed E-state index contributed by atoms with van der Waals surface area (Å²) in [6.07, 6.45) is 1.01. The van der Waals surface area contributed by atoms with Crippen LogP contribution in [0.2, 0.25) is 0 Å². The van der Waals surface area contributed by atoms with E-state index in [2.05, 4.69) is 48.3 Å². The summed E-state index contributed by atoms with van der Waals surface area (Å²) >= 11 is 0. The fourth-order valence-corrected chi connectivity index (χ4v) is 2.83. The summed E-state index contributed by atoms with van der Waals surface area (Å²) in [5.41, 5.74) is 8.26. The van der Waals surface area contributed by atoms with Gasteiger partial charge in [-0.15, -0.1) is 0 Å². The van der Waals surface area contributed by atoms with Gasteiger partial charge in [0.05, 0.1) is 11.6 Å². The number of amides is 1.